The number of hydrogen-bond acceptors (Lipinski definition) is 3. The van der Waals surface area contributed by atoms with E-state index in [0.717, 1.165) is 11.1 Å². The molecule has 0 spiro atoms. The van der Waals surface area contributed by atoms with E-state index in [-0.39, 0.29) is 5.78 Å². The van der Waals surface area contributed by atoms with Gasteiger partial charge >= 0.3 is 0 Å². The number of benzene rings is 2. The van der Waals surface area contributed by atoms with Crippen LogP contribution in [-0.4, -0.2) is 17.2 Å². The van der Waals surface area contributed by atoms with Crippen LogP contribution in [0.3, 0.4) is 0 Å². The second-order valence-electron chi connectivity index (χ2n) is 5.35. The minimum absolute atomic E-state index is 0.183. The van der Waals surface area contributed by atoms with Crippen LogP contribution in [0.2, 0.25) is 5.02 Å². The lowest BCUT2D eigenvalue weighted by Gasteiger charge is -2.32. The average Bonchev–Trinajstić information content (AvgIpc) is 2.52. The Labute approximate surface area is 133 Å². The fraction of sp³-hybridized carbons (Fsp3) is 0.167. The van der Waals surface area contributed by atoms with Crippen LogP contribution in [0.25, 0.3) is 11.1 Å². The van der Waals surface area contributed by atoms with Gasteiger partial charge in [0.25, 0.3) is 0 Å². The summed E-state index contributed by atoms with van der Waals surface area (Å²) in [5.74, 6) is -0.183. The molecule has 3 nitrogen and oxygen atoms in total. The molecule has 2 atom stereocenters. The Kier molecular flexibility index (Phi) is 3.87. The smallest absolute Gasteiger partial charge is 0.191 e. The lowest BCUT2D eigenvalue weighted by Crippen LogP contribution is -2.40. The van der Waals surface area contributed by atoms with Crippen molar-refractivity contribution in [2.24, 2.45) is 0 Å². The zero-order valence-electron chi connectivity index (χ0n) is 12.0. The highest BCUT2D eigenvalue weighted by Gasteiger charge is 2.38. The first kappa shape index (κ1) is 15.0. The Morgan fingerprint density at radius 1 is 1.05 bits per heavy atom. The molecular weight excluding hydrogens is 300 g/mol. The Bertz CT molecular complexity index is 719. The molecule has 1 aliphatic heterocycles. The third-order valence-electron chi connectivity index (χ3n) is 3.85. The summed E-state index contributed by atoms with van der Waals surface area (Å²) in [6, 6.07) is 15.1. The normalized spacial score (nSPS) is 24.5. The highest BCUT2D eigenvalue weighted by molar-refractivity contribution is 6.30. The van der Waals surface area contributed by atoms with Gasteiger partial charge in [-0.25, -0.2) is 0 Å². The number of ether oxygens (including phenoxy) is 1. The second kappa shape index (κ2) is 5.69. The van der Waals surface area contributed by atoms with Gasteiger partial charge in [-0.2, -0.15) is 0 Å². The van der Waals surface area contributed by atoms with Crippen molar-refractivity contribution >= 4 is 17.4 Å². The van der Waals surface area contributed by atoms with Crippen LogP contribution in [0.5, 0.6) is 0 Å². The van der Waals surface area contributed by atoms with Crippen LogP contribution in [0.15, 0.2) is 60.7 Å². The first-order chi connectivity index (χ1) is 10.5. The summed E-state index contributed by atoms with van der Waals surface area (Å²) < 4.78 is 5.44. The van der Waals surface area contributed by atoms with E-state index in [0.29, 0.717) is 10.6 Å². The molecule has 0 saturated carbocycles. The fourth-order valence-corrected chi connectivity index (χ4v) is 2.63. The predicted octanol–water partition coefficient (Wildman–Crippen LogP) is 3.70. The zero-order chi connectivity index (χ0) is 15.7. The minimum Gasteiger partial charge on any atom is -0.365 e. The zero-order valence-corrected chi connectivity index (χ0v) is 12.7. The highest BCUT2D eigenvalue weighted by Crippen LogP contribution is 2.32. The number of aliphatic hydroxyl groups is 1. The molecule has 0 aromatic heterocycles. The molecule has 0 radical (unpaired) electrons. The Morgan fingerprint density at radius 2 is 1.59 bits per heavy atom. The molecule has 0 aliphatic carbocycles. The van der Waals surface area contributed by atoms with Gasteiger partial charge in [0.1, 0.15) is 0 Å². The number of carbonyl (C=O) groups is 1. The molecule has 1 N–H and O–H groups in total. The molecule has 2 aromatic rings. The Balaban J connectivity index is 1.93. The third-order valence-corrected chi connectivity index (χ3v) is 4.10. The quantitative estimate of drug-likeness (QED) is 0.919. The van der Waals surface area contributed by atoms with Gasteiger partial charge in [-0.15, -0.1) is 0 Å². The maximum Gasteiger partial charge on any atom is 0.191 e. The number of aliphatic hydroxyl groups excluding tert-OH is 1. The first-order valence-corrected chi connectivity index (χ1v) is 7.32. The monoisotopic (exact) mass is 314 g/mol. The van der Waals surface area contributed by atoms with Gasteiger partial charge in [0, 0.05) is 5.02 Å². The van der Waals surface area contributed by atoms with Gasteiger partial charge in [-0.05, 0) is 47.9 Å². The van der Waals surface area contributed by atoms with Crippen molar-refractivity contribution in [3.8, 4) is 11.1 Å². The predicted molar refractivity (Wildman–Crippen MR) is 85.5 cm³/mol. The lowest BCUT2D eigenvalue weighted by atomic mass is 9.88. The first-order valence-electron chi connectivity index (χ1n) is 6.94. The molecule has 1 heterocycles. The number of halogens is 1. The van der Waals surface area contributed by atoms with Crippen LogP contribution in [0.1, 0.15) is 12.5 Å². The molecule has 2 aromatic carbocycles. The fourth-order valence-electron chi connectivity index (χ4n) is 2.50. The summed E-state index contributed by atoms with van der Waals surface area (Å²) in [5.41, 5.74) is 1.60. The van der Waals surface area contributed by atoms with E-state index in [9.17, 15) is 9.90 Å². The van der Waals surface area contributed by atoms with Gasteiger partial charge in [-0.1, -0.05) is 48.0 Å². The van der Waals surface area contributed by atoms with Gasteiger partial charge in [0.15, 0.2) is 17.7 Å². The van der Waals surface area contributed by atoms with Crippen molar-refractivity contribution in [3.63, 3.8) is 0 Å². The van der Waals surface area contributed by atoms with E-state index < -0.39 is 11.9 Å². The largest absolute Gasteiger partial charge is 0.365 e. The number of ketones is 1. The van der Waals surface area contributed by atoms with Gasteiger partial charge < -0.3 is 9.84 Å². The number of hydrogen-bond donors (Lipinski definition) is 1. The molecule has 0 unspecified atom stereocenters. The van der Waals surface area contributed by atoms with Crippen LogP contribution < -0.4 is 0 Å². The van der Waals surface area contributed by atoms with Crippen molar-refractivity contribution in [1.29, 1.82) is 0 Å². The molecule has 1 aliphatic rings. The standard InChI is InChI=1S/C18H15ClO3/c1-18(16(20)10-11-17(21)22-18)14-6-2-12(3-7-14)13-4-8-15(19)9-5-13/h2-11,17,21H,1H3/t17-,18-/m0/s1. The molecule has 0 amide bonds. The van der Waals surface area contributed by atoms with E-state index >= 15 is 0 Å². The molecule has 112 valence electrons. The molecule has 0 bridgehead atoms. The van der Waals surface area contributed by atoms with Crippen molar-refractivity contribution in [3.05, 3.63) is 71.3 Å². The summed E-state index contributed by atoms with van der Waals surface area (Å²) in [7, 11) is 0. The number of carbonyl (C=O) groups excluding carboxylic acids is 1. The second-order valence-corrected chi connectivity index (χ2v) is 5.79. The van der Waals surface area contributed by atoms with Crippen LogP contribution >= 0.6 is 11.6 Å². The van der Waals surface area contributed by atoms with E-state index in [4.69, 9.17) is 16.3 Å². The molecule has 4 heteroatoms. The topological polar surface area (TPSA) is 46.5 Å². The van der Waals surface area contributed by atoms with E-state index in [1.807, 2.05) is 48.5 Å². The Morgan fingerprint density at radius 3 is 2.18 bits per heavy atom. The van der Waals surface area contributed by atoms with Crippen molar-refractivity contribution in [1.82, 2.24) is 0 Å². The van der Waals surface area contributed by atoms with Crippen LogP contribution in [0.4, 0.5) is 0 Å². The molecular formula is C18H15ClO3. The summed E-state index contributed by atoms with van der Waals surface area (Å²) in [4.78, 5) is 12.1. The summed E-state index contributed by atoms with van der Waals surface area (Å²) in [6.07, 6.45) is 1.63. The molecule has 0 saturated heterocycles. The summed E-state index contributed by atoms with van der Waals surface area (Å²) in [6.45, 7) is 1.67. The summed E-state index contributed by atoms with van der Waals surface area (Å²) in [5, 5.41) is 10.3. The summed E-state index contributed by atoms with van der Waals surface area (Å²) >= 11 is 5.89. The number of rotatable bonds is 2. The van der Waals surface area contributed by atoms with E-state index in [2.05, 4.69) is 0 Å². The maximum absolute atomic E-state index is 12.1. The van der Waals surface area contributed by atoms with Gasteiger partial charge in [0.05, 0.1) is 0 Å². The van der Waals surface area contributed by atoms with Gasteiger partial charge in [-0.3, -0.25) is 4.79 Å². The average molecular weight is 315 g/mol. The van der Waals surface area contributed by atoms with Crippen molar-refractivity contribution in [2.45, 2.75) is 18.8 Å². The van der Waals surface area contributed by atoms with Crippen molar-refractivity contribution in [2.75, 3.05) is 0 Å². The van der Waals surface area contributed by atoms with Gasteiger partial charge in [0.2, 0.25) is 0 Å². The minimum atomic E-state index is -1.16. The molecule has 3 rings (SSSR count). The maximum atomic E-state index is 12.1. The van der Waals surface area contributed by atoms with Crippen molar-refractivity contribution < 1.29 is 14.6 Å². The highest BCUT2D eigenvalue weighted by atomic mass is 35.5. The Hall–Kier alpha value is -1.94. The van der Waals surface area contributed by atoms with E-state index in [1.165, 1.54) is 12.2 Å². The third kappa shape index (κ3) is 2.71. The van der Waals surface area contributed by atoms with Crippen LogP contribution in [0, 0.1) is 0 Å². The lowest BCUT2D eigenvalue weighted by molar-refractivity contribution is -0.177. The van der Waals surface area contributed by atoms with Crippen LogP contribution in [-0.2, 0) is 15.1 Å². The molecule has 22 heavy (non-hydrogen) atoms. The molecule has 0 fully saturated rings. The SMILES string of the molecule is C[C@@]1(c2ccc(-c3ccc(Cl)cc3)cc2)O[C@H](O)C=CC1=O. The van der Waals surface area contributed by atoms with E-state index in [1.54, 1.807) is 6.92 Å².